The number of nitrogens with one attached hydrogen (secondary N) is 1. The van der Waals surface area contributed by atoms with Gasteiger partial charge in [-0.05, 0) is 12.8 Å². The van der Waals surface area contributed by atoms with Crippen LogP contribution in [0.1, 0.15) is 72.1 Å². The third-order valence-electron chi connectivity index (χ3n) is 3.98. The molecule has 1 saturated heterocycles. The van der Waals surface area contributed by atoms with Gasteiger partial charge in [0.2, 0.25) is 0 Å². The van der Waals surface area contributed by atoms with E-state index in [4.69, 9.17) is 4.84 Å². The van der Waals surface area contributed by atoms with Crippen molar-refractivity contribution >= 4 is 5.78 Å². The second kappa shape index (κ2) is 8.65. The van der Waals surface area contributed by atoms with Crippen LogP contribution in [-0.4, -0.2) is 17.9 Å². The van der Waals surface area contributed by atoms with E-state index in [1.165, 1.54) is 32.1 Å². The van der Waals surface area contributed by atoms with Crippen molar-refractivity contribution < 1.29 is 9.63 Å². The van der Waals surface area contributed by atoms with Gasteiger partial charge < -0.3 is 0 Å². The van der Waals surface area contributed by atoms with Crippen molar-refractivity contribution in [1.29, 1.82) is 0 Å². The molecule has 3 unspecified atom stereocenters. The summed E-state index contributed by atoms with van der Waals surface area (Å²) < 4.78 is 0. The van der Waals surface area contributed by atoms with Gasteiger partial charge in [-0.3, -0.25) is 9.63 Å². The van der Waals surface area contributed by atoms with Gasteiger partial charge in [0, 0.05) is 12.3 Å². The summed E-state index contributed by atoms with van der Waals surface area (Å²) in [7, 11) is 0. The molecule has 1 aliphatic rings. The highest BCUT2D eigenvalue weighted by Gasteiger charge is 2.36. The summed E-state index contributed by atoms with van der Waals surface area (Å²) in [5.41, 5.74) is 2.92. The molecule has 0 aromatic heterocycles. The van der Waals surface area contributed by atoms with E-state index in [1.807, 2.05) is 0 Å². The van der Waals surface area contributed by atoms with Crippen molar-refractivity contribution in [3.63, 3.8) is 0 Å². The van der Waals surface area contributed by atoms with Crippen LogP contribution in [0.2, 0.25) is 0 Å². The Labute approximate surface area is 112 Å². The number of Topliss-reactive ketones (excluding diaryl/α,β-unsaturated/α-hetero) is 1. The first-order valence-electron chi connectivity index (χ1n) is 7.64. The summed E-state index contributed by atoms with van der Waals surface area (Å²) in [4.78, 5) is 17.5. The minimum atomic E-state index is -0.0782. The van der Waals surface area contributed by atoms with Gasteiger partial charge in [-0.25, -0.2) is 0 Å². The lowest BCUT2D eigenvalue weighted by molar-refractivity contribution is -0.122. The fraction of sp³-hybridized carbons (Fsp3) is 0.933. The maximum Gasteiger partial charge on any atom is 0.152 e. The molecular formula is C15H29NO2. The molecule has 1 fully saturated rings. The van der Waals surface area contributed by atoms with E-state index in [0.29, 0.717) is 18.1 Å². The van der Waals surface area contributed by atoms with E-state index in [9.17, 15) is 4.79 Å². The Balaban J connectivity index is 2.13. The summed E-state index contributed by atoms with van der Waals surface area (Å²) >= 11 is 0. The van der Waals surface area contributed by atoms with Crippen molar-refractivity contribution in [2.24, 2.45) is 5.92 Å². The van der Waals surface area contributed by atoms with Gasteiger partial charge in [-0.2, -0.15) is 5.48 Å². The Kier molecular flexibility index (Phi) is 7.52. The van der Waals surface area contributed by atoms with Gasteiger partial charge in [0.1, 0.15) is 0 Å². The summed E-state index contributed by atoms with van der Waals surface area (Å²) in [5, 5.41) is 0. The Morgan fingerprint density at radius 2 is 1.78 bits per heavy atom. The largest absolute Gasteiger partial charge is 0.298 e. The van der Waals surface area contributed by atoms with Crippen molar-refractivity contribution in [1.82, 2.24) is 5.48 Å². The Bertz CT molecular complexity index is 243. The third-order valence-corrected chi connectivity index (χ3v) is 3.98. The second-order valence-corrected chi connectivity index (χ2v) is 5.50. The molecule has 0 amide bonds. The minimum absolute atomic E-state index is 0.0782. The first kappa shape index (κ1) is 15.6. The SMILES string of the molecule is CCCCCCCCC(=O)C1NOC(CC)C1C. The van der Waals surface area contributed by atoms with Gasteiger partial charge in [-0.15, -0.1) is 0 Å². The molecule has 3 nitrogen and oxygen atoms in total. The van der Waals surface area contributed by atoms with Crippen molar-refractivity contribution in [3.8, 4) is 0 Å². The number of unbranched alkanes of at least 4 members (excludes halogenated alkanes) is 5. The first-order chi connectivity index (χ1) is 8.70. The standard InChI is InChI=1S/C15H29NO2/c1-4-6-7-8-9-10-11-13(17)15-12(3)14(5-2)18-16-15/h12,14-16H,4-11H2,1-3H3. The van der Waals surface area contributed by atoms with Crippen LogP contribution in [0.5, 0.6) is 0 Å². The number of carbonyl (C=O) groups is 1. The van der Waals surface area contributed by atoms with Crippen molar-refractivity contribution in [2.75, 3.05) is 0 Å². The maximum atomic E-state index is 12.1. The number of rotatable bonds is 9. The number of ketones is 1. The van der Waals surface area contributed by atoms with Gasteiger partial charge in [0.05, 0.1) is 12.1 Å². The highest BCUT2D eigenvalue weighted by molar-refractivity contribution is 5.84. The van der Waals surface area contributed by atoms with Crippen LogP contribution in [0.4, 0.5) is 0 Å². The van der Waals surface area contributed by atoms with Crippen LogP contribution in [0, 0.1) is 5.92 Å². The van der Waals surface area contributed by atoms with Crippen LogP contribution < -0.4 is 5.48 Å². The predicted molar refractivity (Wildman–Crippen MR) is 74.3 cm³/mol. The van der Waals surface area contributed by atoms with Crippen LogP contribution in [0.25, 0.3) is 0 Å². The van der Waals surface area contributed by atoms with E-state index >= 15 is 0 Å². The molecule has 1 N–H and O–H groups in total. The van der Waals surface area contributed by atoms with E-state index in [0.717, 1.165) is 12.8 Å². The van der Waals surface area contributed by atoms with E-state index < -0.39 is 0 Å². The van der Waals surface area contributed by atoms with Crippen LogP contribution in [-0.2, 0) is 9.63 Å². The van der Waals surface area contributed by atoms with Gasteiger partial charge in [-0.1, -0.05) is 52.9 Å². The highest BCUT2D eigenvalue weighted by atomic mass is 16.7. The molecule has 0 saturated carbocycles. The molecular weight excluding hydrogens is 226 g/mol. The molecule has 0 radical (unpaired) electrons. The normalized spacial score (nSPS) is 27.6. The molecule has 0 aromatic carbocycles. The van der Waals surface area contributed by atoms with Crippen LogP contribution in [0.3, 0.4) is 0 Å². The molecule has 3 atom stereocenters. The van der Waals surface area contributed by atoms with E-state index in [2.05, 4.69) is 26.3 Å². The van der Waals surface area contributed by atoms with Crippen molar-refractivity contribution in [2.45, 2.75) is 84.3 Å². The molecule has 106 valence electrons. The number of hydrogen-bond acceptors (Lipinski definition) is 3. The van der Waals surface area contributed by atoms with Gasteiger partial charge in [0.25, 0.3) is 0 Å². The molecule has 0 aromatic rings. The predicted octanol–water partition coefficient (Wildman–Crippen LogP) is 3.62. The van der Waals surface area contributed by atoms with Gasteiger partial charge in [0.15, 0.2) is 5.78 Å². The summed E-state index contributed by atoms with van der Waals surface area (Å²) in [6, 6.07) is -0.0782. The number of carbonyl (C=O) groups excluding carboxylic acids is 1. The lowest BCUT2D eigenvalue weighted by Gasteiger charge is -2.14. The Hall–Kier alpha value is -0.410. The fourth-order valence-corrected chi connectivity index (χ4v) is 2.64. The smallest absolute Gasteiger partial charge is 0.152 e. The Morgan fingerprint density at radius 3 is 2.39 bits per heavy atom. The second-order valence-electron chi connectivity index (χ2n) is 5.50. The average Bonchev–Trinajstić information content (AvgIpc) is 2.74. The first-order valence-corrected chi connectivity index (χ1v) is 7.64. The monoisotopic (exact) mass is 255 g/mol. The quantitative estimate of drug-likeness (QED) is 0.639. The zero-order valence-electron chi connectivity index (χ0n) is 12.2. The van der Waals surface area contributed by atoms with Gasteiger partial charge >= 0.3 is 0 Å². The molecule has 1 rings (SSSR count). The lowest BCUT2D eigenvalue weighted by atomic mass is 9.91. The Morgan fingerprint density at radius 1 is 1.11 bits per heavy atom. The average molecular weight is 255 g/mol. The summed E-state index contributed by atoms with van der Waals surface area (Å²) in [5.74, 6) is 0.636. The molecule has 0 spiro atoms. The number of hydroxylamine groups is 1. The molecule has 1 heterocycles. The summed E-state index contributed by atoms with van der Waals surface area (Å²) in [6.45, 7) is 6.43. The lowest BCUT2D eigenvalue weighted by Crippen LogP contribution is -2.34. The zero-order chi connectivity index (χ0) is 13.4. The zero-order valence-corrected chi connectivity index (χ0v) is 12.2. The molecule has 1 aliphatic heterocycles. The molecule has 0 aliphatic carbocycles. The maximum absolute atomic E-state index is 12.1. The van der Waals surface area contributed by atoms with Crippen molar-refractivity contribution in [3.05, 3.63) is 0 Å². The fourth-order valence-electron chi connectivity index (χ4n) is 2.64. The molecule has 0 bridgehead atoms. The number of hydrogen-bond donors (Lipinski definition) is 1. The van der Waals surface area contributed by atoms with E-state index in [-0.39, 0.29) is 12.1 Å². The molecule has 18 heavy (non-hydrogen) atoms. The van der Waals surface area contributed by atoms with Crippen LogP contribution >= 0.6 is 0 Å². The molecule has 3 heteroatoms. The minimum Gasteiger partial charge on any atom is -0.298 e. The van der Waals surface area contributed by atoms with E-state index in [1.54, 1.807) is 0 Å². The highest BCUT2D eigenvalue weighted by Crippen LogP contribution is 2.23. The van der Waals surface area contributed by atoms with Crippen LogP contribution in [0.15, 0.2) is 0 Å². The topological polar surface area (TPSA) is 38.3 Å². The third kappa shape index (κ3) is 4.69. The summed E-state index contributed by atoms with van der Waals surface area (Å²) in [6.07, 6.45) is 9.26.